The van der Waals surface area contributed by atoms with E-state index >= 15 is 0 Å². The zero-order valence-electron chi connectivity index (χ0n) is 15.0. The third-order valence-corrected chi connectivity index (χ3v) is 5.16. The largest absolute Gasteiger partial charge is 0.337 e. The van der Waals surface area contributed by atoms with Crippen molar-refractivity contribution in [2.75, 3.05) is 26.2 Å². The van der Waals surface area contributed by atoms with Gasteiger partial charge in [0.1, 0.15) is 11.4 Å². The van der Waals surface area contributed by atoms with E-state index in [0.717, 1.165) is 5.56 Å². The second-order valence-electron chi connectivity index (χ2n) is 6.75. The summed E-state index contributed by atoms with van der Waals surface area (Å²) >= 11 is 5.98. The number of benzene rings is 2. The molecule has 0 aromatic heterocycles. The molecule has 2 aromatic carbocycles. The van der Waals surface area contributed by atoms with E-state index in [9.17, 15) is 14.0 Å². The van der Waals surface area contributed by atoms with Gasteiger partial charge in [-0.25, -0.2) is 4.39 Å². The second-order valence-corrected chi connectivity index (χ2v) is 7.16. The standard InChI is InChI=1S/C20H21ClFN3O2/c1-20(23,14-6-3-2-4-7-14)19(27)25-12-10-24(11-13-25)18(26)17-15(21)8-5-9-16(17)22/h2-9H,10-13,23H2,1H3. The van der Waals surface area contributed by atoms with Crippen molar-refractivity contribution in [2.45, 2.75) is 12.5 Å². The van der Waals surface area contributed by atoms with E-state index in [1.807, 2.05) is 30.3 Å². The summed E-state index contributed by atoms with van der Waals surface area (Å²) in [5.41, 5.74) is 5.74. The number of amides is 2. The average Bonchev–Trinajstić information content (AvgIpc) is 2.68. The lowest BCUT2D eigenvalue weighted by Gasteiger charge is -2.38. The number of carbonyl (C=O) groups excluding carboxylic acids is 2. The molecule has 1 atom stereocenters. The van der Waals surface area contributed by atoms with E-state index in [-0.39, 0.29) is 16.5 Å². The molecule has 7 heteroatoms. The molecule has 1 aliphatic rings. The van der Waals surface area contributed by atoms with Gasteiger partial charge in [0.25, 0.3) is 5.91 Å². The lowest BCUT2D eigenvalue weighted by atomic mass is 9.91. The Hall–Kier alpha value is -2.44. The topological polar surface area (TPSA) is 66.6 Å². The molecule has 3 rings (SSSR count). The van der Waals surface area contributed by atoms with Crippen molar-refractivity contribution in [3.63, 3.8) is 0 Å². The van der Waals surface area contributed by atoms with Crippen LogP contribution in [-0.4, -0.2) is 47.8 Å². The summed E-state index contributed by atoms with van der Waals surface area (Å²) in [5, 5.41) is 0.0807. The maximum atomic E-state index is 14.0. The fraction of sp³-hybridized carbons (Fsp3) is 0.300. The summed E-state index contributed by atoms with van der Waals surface area (Å²) in [6.45, 7) is 2.92. The molecule has 1 unspecified atom stereocenters. The maximum Gasteiger partial charge on any atom is 0.258 e. The van der Waals surface area contributed by atoms with Gasteiger partial charge in [0, 0.05) is 26.2 Å². The van der Waals surface area contributed by atoms with Crippen LogP contribution in [0.25, 0.3) is 0 Å². The minimum absolute atomic E-state index is 0.0807. The van der Waals surface area contributed by atoms with Crippen molar-refractivity contribution >= 4 is 23.4 Å². The van der Waals surface area contributed by atoms with Gasteiger partial charge in [-0.2, -0.15) is 0 Å². The Morgan fingerprint density at radius 1 is 1.00 bits per heavy atom. The molecule has 1 aliphatic heterocycles. The van der Waals surface area contributed by atoms with Gasteiger partial charge in [-0.05, 0) is 24.6 Å². The molecule has 5 nitrogen and oxygen atoms in total. The monoisotopic (exact) mass is 389 g/mol. The molecular formula is C20H21ClFN3O2. The molecule has 0 bridgehead atoms. The number of hydrogen-bond donors (Lipinski definition) is 1. The number of piperazine rings is 1. The minimum Gasteiger partial charge on any atom is -0.337 e. The van der Waals surface area contributed by atoms with E-state index in [2.05, 4.69) is 0 Å². The Morgan fingerprint density at radius 3 is 2.19 bits per heavy atom. The summed E-state index contributed by atoms with van der Waals surface area (Å²) in [6.07, 6.45) is 0. The van der Waals surface area contributed by atoms with Crippen molar-refractivity contribution in [1.82, 2.24) is 9.80 Å². The van der Waals surface area contributed by atoms with E-state index in [1.165, 1.54) is 23.1 Å². The summed E-state index contributed by atoms with van der Waals surface area (Å²) in [7, 11) is 0. The van der Waals surface area contributed by atoms with Crippen molar-refractivity contribution in [1.29, 1.82) is 0 Å². The van der Waals surface area contributed by atoms with Crippen LogP contribution in [0, 0.1) is 5.82 Å². The molecule has 2 aromatic rings. The molecule has 2 N–H and O–H groups in total. The van der Waals surface area contributed by atoms with Crippen molar-refractivity contribution in [3.05, 3.63) is 70.5 Å². The van der Waals surface area contributed by atoms with Gasteiger partial charge < -0.3 is 15.5 Å². The lowest BCUT2D eigenvalue weighted by Crippen LogP contribution is -2.57. The highest BCUT2D eigenvalue weighted by Gasteiger charge is 2.36. The molecule has 0 aliphatic carbocycles. The average molecular weight is 390 g/mol. The SMILES string of the molecule is CC(N)(C(=O)N1CCN(C(=O)c2c(F)cccc2Cl)CC1)c1ccccc1. The lowest BCUT2D eigenvalue weighted by molar-refractivity contribution is -0.138. The Bertz CT molecular complexity index is 829. The van der Waals surface area contributed by atoms with Crippen LogP contribution < -0.4 is 5.73 Å². The van der Waals surface area contributed by atoms with E-state index in [1.54, 1.807) is 11.8 Å². The summed E-state index contributed by atoms with van der Waals surface area (Å²) in [6, 6.07) is 13.3. The number of hydrogen-bond acceptors (Lipinski definition) is 3. The first kappa shape index (κ1) is 19.3. The van der Waals surface area contributed by atoms with Crippen LogP contribution in [0.3, 0.4) is 0 Å². The molecule has 27 heavy (non-hydrogen) atoms. The zero-order valence-corrected chi connectivity index (χ0v) is 15.7. The molecule has 1 heterocycles. The summed E-state index contributed by atoms with van der Waals surface area (Å²) in [5.74, 6) is -1.32. The number of nitrogens with zero attached hydrogens (tertiary/aromatic N) is 2. The molecule has 2 amide bonds. The first-order valence-electron chi connectivity index (χ1n) is 8.69. The van der Waals surface area contributed by atoms with Gasteiger partial charge in [-0.15, -0.1) is 0 Å². The first-order chi connectivity index (χ1) is 12.8. The highest BCUT2D eigenvalue weighted by Crippen LogP contribution is 2.24. The highest BCUT2D eigenvalue weighted by atomic mass is 35.5. The number of halogens is 2. The van der Waals surface area contributed by atoms with E-state index in [4.69, 9.17) is 17.3 Å². The Balaban J connectivity index is 1.68. The van der Waals surface area contributed by atoms with Crippen LogP contribution in [0.2, 0.25) is 5.02 Å². The Morgan fingerprint density at radius 2 is 1.59 bits per heavy atom. The quantitative estimate of drug-likeness (QED) is 0.877. The Labute approximate surface area is 162 Å². The molecular weight excluding hydrogens is 369 g/mol. The van der Waals surface area contributed by atoms with Gasteiger partial charge in [0.15, 0.2) is 0 Å². The molecule has 1 fully saturated rings. The van der Waals surface area contributed by atoms with E-state index < -0.39 is 17.3 Å². The number of carbonyl (C=O) groups is 2. The Kier molecular flexibility index (Phi) is 5.48. The van der Waals surface area contributed by atoms with Crippen molar-refractivity contribution in [2.24, 2.45) is 5.73 Å². The fourth-order valence-electron chi connectivity index (χ4n) is 3.21. The van der Waals surface area contributed by atoms with Crippen molar-refractivity contribution < 1.29 is 14.0 Å². The van der Waals surface area contributed by atoms with Gasteiger partial charge in [-0.3, -0.25) is 9.59 Å². The van der Waals surface area contributed by atoms with Gasteiger partial charge in [-0.1, -0.05) is 48.0 Å². The number of rotatable bonds is 3. The molecule has 1 saturated heterocycles. The molecule has 142 valence electrons. The molecule has 0 saturated carbocycles. The highest BCUT2D eigenvalue weighted by molar-refractivity contribution is 6.33. The second kappa shape index (κ2) is 7.66. The smallest absolute Gasteiger partial charge is 0.258 e. The zero-order chi connectivity index (χ0) is 19.6. The third kappa shape index (κ3) is 3.82. The molecule has 0 radical (unpaired) electrons. The predicted octanol–water partition coefficient (Wildman–Crippen LogP) is 2.64. The van der Waals surface area contributed by atoms with Crippen LogP contribution in [0.1, 0.15) is 22.8 Å². The van der Waals surface area contributed by atoms with Crippen LogP contribution >= 0.6 is 11.6 Å². The summed E-state index contributed by atoms with van der Waals surface area (Å²) in [4.78, 5) is 28.6. The predicted molar refractivity (Wildman–Crippen MR) is 102 cm³/mol. The maximum absolute atomic E-state index is 14.0. The van der Waals surface area contributed by atoms with Gasteiger partial charge in [0.05, 0.1) is 10.6 Å². The third-order valence-electron chi connectivity index (χ3n) is 4.85. The summed E-state index contributed by atoms with van der Waals surface area (Å²) < 4.78 is 14.0. The van der Waals surface area contributed by atoms with Crippen LogP contribution in [-0.2, 0) is 10.3 Å². The fourth-order valence-corrected chi connectivity index (χ4v) is 3.45. The van der Waals surface area contributed by atoms with Crippen molar-refractivity contribution in [3.8, 4) is 0 Å². The van der Waals surface area contributed by atoms with Gasteiger partial charge in [0.2, 0.25) is 5.91 Å². The van der Waals surface area contributed by atoms with Crippen LogP contribution in [0.5, 0.6) is 0 Å². The molecule has 0 spiro atoms. The van der Waals surface area contributed by atoms with Gasteiger partial charge >= 0.3 is 0 Å². The minimum atomic E-state index is -1.15. The number of nitrogens with two attached hydrogens (primary N) is 1. The van der Waals surface area contributed by atoms with E-state index in [0.29, 0.717) is 26.2 Å². The van der Waals surface area contributed by atoms with Crippen LogP contribution in [0.15, 0.2) is 48.5 Å². The normalized spacial score (nSPS) is 16.7. The van der Waals surface area contributed by atoms with Crippen LogP contribution in [0.4, 0.5) is 4.39 Å². The first-order valence-corrected chi connectivity index (χ1v) is 9.07.